The monoisotopic (exact) mass is 287 g/mol. The second kappa shape index (κ2) is 8.21. The van der Waals surface area contributed by atoms with Crippen LogP contribution < -0.4 is 5.32 Å². The number of ether oxygens (including phenoxy) is 1. The first-order valence-electron chi connectivity index (χ1n) is 7.22. The van der Waals surface area contributed by atoms with Gasteiger partial charge in [-0.3, -0.25) is 9.48 Å². The maximum absolute atomic E-state index is 11.9. The number of carbonyl (C=O) groups excluding carboxylic acids is 1. The van der Waals surface area contributed by atoms with Crippen LogP contribution in [0.5, 0.6) is 0 Å². The van der Waals surface area contributed by atoms with Gasteiger partial charge < -0.3 is 10.1 Å². The Morgan fingerprint density at radius 1 is 1.33 bits per heavy atom. The number of rotatable bonds is 8. The summed E-state index contributed by atoms with van der Waals surface area (Å²) in [4.78, 5) is 11.9. The maximum atomic E-state index is 11.9. The van der Waals surface area contributed by atoms with Gasteiger partial charge in [-0.1, -0.05) is 30.3 Å². The highest BCUT2D eigenvalue weighted by atomic mass is 16.5. The Balaban J connectivity index is 1.80. The van der Waals surface area contributed by atoms with Crippen molar-refractivity contribution in [3.05, 3.63) is 53.9 Å². The Hall–Kier alpha value is -2.14. The van der Waals surface area contributed by atoms with E-state index in [4.69, 9.17) is 4.74 Å². The van der Waals surface area contributed by atoms with Gasteiger partial charge in [0.05, 0.1) is 18.3 Å². The predicted octanol–water partition coefficient (Wildman–Crippen LogP) is 2.09. The molecule has 0 atom stereocenters. The SMILES string of the molecule is CCOCCCNC(=O)c1cnn(Cc2ccccc2)c1. The number of aromatic nitrogens is 2. The van der Waals surface area contributed by atoms with Crippen LogP contribution in [0.4, 0.5) is 0 Å². The number of benzene rings is 1. The molecular formula is C16H21N3O2. The molecule has 1 aromatic carbocycles. The van der Waals surface area contributed by atoms with E-state index in [-0.39, 0.29) is 5.91 Å². The minimum Gasteiger partial charge on any atom is -0.382 e. The van der Waals surface area contributed by atoms with Gasteiger partial charge in [0.1, 0.15) is 0 Å². The van der Waals surface area contributed by atoms with Gasteiger partial charge in [0, 0.05) is 26.0 Å². The van der Waals surface area contributed by atoms with Gasteiger partial charge in [-0.2, -0.15) is 5.10 Å². The summed E-state index contributed by atoms with van der Waals surface area (Å²) < 4.78 is 6.99. The molecule has 21 heavy (non-hydrogen) atoms. The topological polar surface area (TPSA) is 56.1 Å². The predicted molar refractivity (Wildman–Crippen MR) is 81.2 cm³/mol. The standard InChI is InChI=1S/C16H21N3O2/c1-2-21-10-6-9-17-16(20)15-11-18-19(13-15)12-14-7-4-3-5-8-14/h3-5,7-8,11,13H,2,6,9-10,12H2,1H3,(H,17,20). The Kier molecular flexibility index (Phi) is 5.97. The third kappa shape index (κ3) is 5.04. The highest BCUT2D eigenvalue weighted by molar-refractivity contribution is 5.93. The molecule has 0 saturated carbocycles. The number of nitrogens with zero attached hydrogens (tertiary/aromatic N) is 2. The third-order valence-electron chi connectivity index (χ3n) is 3.04. The zero-order valence-corrected chi connectivity index (χ0v) is 12.3. The van der Waals surface area contributed by atoms with Crippen LogP contribution in [0.1, 0.15) is 29.3 Å². The molecule has 1 N–H and O–H groups in total. The normalized spacial score (nSPS) is 10.5. The van der Waals surface area contributed by atoms with E-state index in [2.05, 4.69) is 10.4 Å². The van der Waals surface area contributed by atoms with Gasteiger partial charge in [0.2, 0.25) is 0 Å². The number of amides is 1. The fraction of sp³-hybridized carbons (Fsp3) is 0.375. The van der Waals surface area contributed by atoms with Gasteiger partial charge in [-0.25, -0.2) is 0 Å². The molecule has 0 radical (unpaired) electrons. The molecule has 5 heteroatoms. The van der Waals surface area contributed by atoms with Crippen molar-refractivity contribution in [2.24, 2.45) is 0 Å². The van der Waals surface area contributed by atoms with Crippen molar-refractivity contribution in [1.29, 1.82) is 0 Å². The summed E-state index contributed by atoms with van der Waals surface area (Å²) in [6, 6.07) is 10.0. The smallest absolute Gasteiger partial charge is 0.254 e. The molecule has 5 nitrogen and oxygen atoms in total. The molecule has 0 fully saturated rings. The Morgan fingerprint density at radius 3 is 2.90 bits per heavy atom. The zero-order valence-electron chi connectivity index (χ0n) is 12.3. The van der Waals surface area contributed by atoms with E-state index in [0.29, 0.717) is 31.9 Å². The van der Waals surface area contributed by atoms with Crippen molar-refractivity contribution in [3.8, 4) is 0 Å². The van der Waals surface area contributed by atoms with E-state index in [1.165, 1.54) is 0 Å². The number of nitrogens with one attached hydrogen (secondary N) is 1. The summed E-state index contributed by atoms with van der Waals surface area (Å²) in [5.41, 5.74) is 1.74. The first-order valence-corrected chi connectivity index (χ1v) is 7.22. The lowest BCUT2D eigenvalue weighted by Gasteiger charge is -2.03. The Bertz CT molecular complexity index is 552. The highest BCUT2D eigenvalue weighted by Crippen LogP contribution is 2.04. The summed E-state index contributed by atoms with van der Waals surface area (Å²) in [5, 5.41) is 7.08. The van der Waals surface area contributed by atoms with Crippen LogP contribution in [-0.4, -0.2) is 35.4 Å². The lowest BCUT2D eigenvalue weighted by atomic mass is 10.2. The molecular weight excluding hydrogens is 266 g/mol. The quantitative estimate of drug-likeness (QED) is 0.756. The van der Waals surface area contributed by atoms with Gasteiger partial charge in [0.15, 0.2) is 0 Å². The number of carbonyl (C=O) groups is 1. The average Bonchev–Trinajstić information content (AvgIpc) is 2.96. The maximum Gasteiger partial charge on any atom is 0.254 e. The lowest BCUT2D eigenvalue weighted by Crippen LogP contribution is -2.24. The van der Waals surface area contributed by atoms with Crippen LogP contribution in [0.3, 0.4) is 0 Å². The van der Waals surface area contributed by atoms with E-state index >= 15 is 0 Å². The molecule has 0 spiro atoms. The van der Waals surface area contributed by atoms with Crippen LogP contribution in [0.2, 0.25) is 0 Å². The van der Waals surface area contributed by atoms with Gasteiger partial charge in [-0.05, 0) is 18.9 Å². The molecule has 1 amide bonds. The van der Waals surface area contributed by atoms with Crippen molar-refractivity contribution in [1.82, 2.24) is 15.1 Å². The largest absolute Gasteiger partial charge is 0.382 e. The van der Waals surface area contributed by atoms with Crippen LogP contribution in [0.25, 0.3) is 0 Å². The van der Waals surface area contributed by atoms with Crippen LogP contribution in [0, 0.1) is 0 Å². The first-order chi connectivity index (χ1) is 10.3. The fourth-order valence-corrected chi connectivity index (χ4v) is 1.96. The molecule has 1 aromatic heterocycles. The van der Waals surface area contributed by atoms with Crippen LogP contribution in [-0.2, 0) is 11.3 Å². The molecule has 2 aromatic rings. The van der Waals surface area contributed by atoms with E-state index in [1.807, 2.05) is 37.3 Å². The van der Waals surface area contributed by atoms with Crippen molar-refractivity contribution in [2.75, 3.05) is 19.8 Å². The summed E-state index contributed by atoms with van der Waals surface area (Å²) >= 11 is 0. The summed E-state index contributed by atoms with van der Waals surface area (Å²) in [5.74, 6) is -0.0918. The van der Waals surface area contributed by atoms with Crippen molar-refractivity contribution < 1.29 is 9.53 Å². The second-order valence-electron chi connectivity index (χ2n) is 4.72. The molecule has 0 bridgehead atoms. The minimum atomic E-state index is -0.0918. The van der Waals surface area contributed by atoms with Gasteiger partial charge >= 0.3 is 0 Å². The minimum absolute atomic E-state index is 0.0918. The van der Waals surface area contributed by atoms with E-state index in [9.17, 15) is 4.79 Å². The number of hydrogen-bond donors (Lipinski definition) is 1. The number of hydrogen-bond acceptors (Lipinski definition) is 3. The zero-order chi connectivity index (χ0) is 14.9. The highest BCUT2D eigenvalue weighted by Gasteiger charge is 2.08. The molecule has 1 heterocycles. The molecule has 0 aliphatic carbocycles. The molecule has 0 unspecified atom stereocenters. The van der Waals surface area contributed by atoms with E-state index in [0.717, 1.165) is 12.0 Å². The van der Waals surface area contributed by atoms with Crippen LogP contribution >= 0.6 is 0 Å². The molecule has 0 aliphatic rings. The van der Waals surface area contributed by atoms with E-state index < -0.39 is 0 Å². The molecule has 0 aliphatic heterocycles. The summed E-state index contributed by atoms with van der Waals surface area (Å²) in [7, 11) is 0. The van der Waals surface area contributed by atoms with Crippen LogP contribution in [0.15, 0.2) is 42.7 Å². The molecule has 0 saturated heterocycles. The second-order valence-corrected chi connectivity index (χ2v) is 4.72. The summed E-state index contributed by atoms with van der Waals surface area (Å²) in [6.07, 6.45) is 4.18. The van der Waals surface area contributed by atoms with Crippen molar-refractivity contribution in [2.45, 2.75) is 19.9 Å². The Morgan fingerprint density at radius 2 is 2.14 bits per heavy atom. The third-order valence-corrected chi connectivity index (χ3v) is 3.04. The summed E-state index contributed by atoms with van der Waals surface area (Å²) in [6.45, 7) is 4.62. The van der Waals surface area contributed by atoms with Crippen molar-refractivity contribution in [3.63, 3.8) is 0 Å². The Labute approximate surface area is 124 Å². The first kappa shape index (κ1) is 15.3. The van der Waals surface area contributed by atoms with Crippen molar-refractivity contribution >= 4 is 5.91 Å². The van der Waals surface area contributed by atoms with E-state index in [1.54, 1.807) is 17.1 Å². The van der Waals surface area contributed by atoms with Gasteiger partial charge in [-0.15, -0.1) is 0 Å². The van der Waals surface area contributed by atoms with Gasteiger partial charge in [0.25, 0.3) is 5.91 Å². The molecule has 2 rings (SSSR count). The average molecular weight is 287 g/mol. The molecule has 112 valence electrons. The fourth-order valence-electron chi connectivity index (χ4n) is 1.96. The lowest BCUT2D eigenvalue weighted by molar-refractivity contribution is 0.0944.